The number of likely N-dealkylation sites (tertiary alicyclic amines) is 1. The summed E-state index contributed by atoms with van der Waals surface area (Å²) in [6, 6.07) is 5.84. The number of carbonyl (C=O) groups is 1. The van der Waals surface area contributed by atoms with E-state index in [9.17, 15) is 4.79 Å². The summed E-state index contributed by atoms with van der Waals surface area (Å²) >= 11 is 0. The number of amides is 1. The molecule has 0 saturated carbocycles. The molecule has 1 aromatic rings. The van der Waals surface area contributed by atoms with Gasteiger partial charge in [-0.15, -0.1) is 0 Å². The maximum atomic E-state index is 12.7. The second kappa shape index (κ2) is 5.51. The van der Waals surface area contributed by atoms with Gasteiger partial charge in [-0.1, -0.05) is 6.92 Å². The smallest absolute Gasteiger partial charge is 0.256 e. The zero-order valence-electron chi connectivity index (χ0n) is 11.8. The molecule has 104 valence electrons. The minimum Gasteiger partial charge on any atom is -0.497 e. The number of benzene rings is 1. The Morgan fingerprint density at radius 1 is 1.47 bits per heavy atom. The van der Waals surface area contributed by atoms with Gasteiger partial charge in [0.15, 0.2) is 0 Å². The molecule has 1 fully saturated rings. The number of carbonyl (C=O) groups excluding carboxylic acids is 1. The molecule has 0 spiro atoms. The predicted octanol–water partition coefficient (Wildman–Crippen LogP) is 2.68. The van der Waals surface area contributed by atoms with Crippen LogP contribution in [0.3, 0.4) is 0 Å². The van der Waals surface area contributed by atoms with E-state index in [1.165, 1.54) is 0 Å². The Kier molecular flexibility index (Phi) is 3.98. The monoisotopic (exact) mass is 262 g/mol. The number of anilines is 1. The molecule has 0 bridgehead atoms. The van der Waals surface area contributed by atoms with E-state index < -0.39 is 0 Å². The maximum absolute atomic E-state index is 12.7. The number of nitrogens with two attached hydrogens (primary N) is 1. The van der Waals surface area contributed by atoms with Crippen LogP contribution in [0.5, 0.6) is 5.75 Å². The lowest BCUT2D eigenvalue weighted by Gasteiger charge is -2.28. The highest BCUT2D eigenvalue weighted by atomic mass is 16.5. The molecule has 1 aliphatic heterocycles. The van der Waals surface area contributed by atoms with Crippen LogP contribution in [-0.2, 0) is 0 Å². The molecule has 0 aliphatic carbocycles. The van der Waals surface area contributed by atoms with Crippen LogP contribution in [0.2, 0.25) is 0 Å². The van der Waals surface area contributed by atoms with Crippen molar-refractivity contribution in [2.75, 3.05) is 12.8 Å². The summed E-state index contributed by atoms with van der Waals surface area (Å²) in [6.45, 7) is 4.22. The highest BCUT2D eigenvalue weighted by Gasteiger charge is 2.34. The van der Waals surface area contributed by atoms with Crippen molar-refractivity contribution in [3.8, 4) is 5.75 Å². The van der Waals surface area contributed by atoms with Gasteiger partial charge in [0.2, 0.25) is 0 Å². The lowest BCUT2D eigenvalue weighted by molar-refractivity contribution is 0.0677. The highest BCUT2D eigenvalue weighted by Crippen LogP contribution is 2.30. The minimum absolute atomic E-state index is 0.0215. The number of hydrogen-bond acceptors (Lipinski definition) is 3. The first-order valence-corrected chi connectivity index (χ1v) is 6.84. The van der Waals surface area contributed by atoms with Gasteiger partial charge in [-0.05, 0) is 44.4 Å². The molecule has 1 heterocycles. The molecule has 2 rings (SSSR count). The van der Waals surface area contributed by atoms with Crippen LogP contribution in [0.4, 0.5) is 5.69 Å². The molecular formula is C15H22N2O2. The Morgan fingerprint density at radius 3 is 2.84 bits per heavy atom. The van der Waals surface area contributed by atoms with Gasteiger partial charge in [0.25, 0.3) is 5.91 Å². The number of nitrogen functional groups attached to an aromatic ring is 1. The van der Waals surface area contributed by atoms with Gasteiger partial charge in [0, 0.05) is 17.8 Å². The van der Waals surface area contributed by atoms with E-state index in [1.807, 2.05) is 4.90 Å². The summed E-state index contributed by atoms with van der Waals surface area (Å²) in [6.07, 6.45) is 3.13. The average molecular weight is 262 g/mol. The van der Waals surface area contributed by atoms with E-state index in [-0.39, 0.29) is 11.9 Å². The Bertz CT molecular complexity index is 473. The van der Waals surface area contributed by atoms with E-state index in [2.05, 4.69) is 13.8 Å². The standard InChI is InChI=1S/C15H22N2O2/c1-4-11-6-5-10(2)17(11)15(18)13-9-12(19-3)7-8-14(13)16/h7-11H,4-6,16H2,1-3H3. The summed E-state index contributed by atoms with van der Waals surface area (Å²) in [5.74, 6) is 0.686. The fourth-order valence-electron chi connectivity index (χ4n) is 2.83. The molecule has 19 heavy (non-hydrogen) atoms. The predicted molar refractivity (Wildman–Crippen MR) is 76.4 cm³/mol. The number of nitrogens with zero attached hydrogens (tertiary/aromatic N) is 1. The second-order valence-electron chi connectivity index (χ2n) is 5.15. The van der Waals surface area contributed by atoms with Gasteiger partial charge in [0.1, 0.15) is 5.75 Å². The van der Waals surface area contributed by atoms with Crippen molar-refractivity contribution in [2.45, 2.75) is 45.2 Å². The third-order valence-electron chi connectivity index (χ3n) is 3.98. The normalized spacial score (nSPS) is 22.6. The van der Waals surface area contributed by atoms with Gasteiger partial charge < -0.3 is 15.4 Å². The van der Waals surface area contributed by atoms with Gasteiger partial charge >= 0.3 is 0 Å². The third-order valence-corrected chi connectivity index (χ3v) is 3.98. The Balaban J connectivity index is 2.33. The van der Waals surface area contributed by atoms with Crippen LogP contribution >= 0.6 is 0 Å². The number of ether oxygens (including phenoxy) is 1. The summed E-state index contributed by atoms with van der Waals surface area (Å²) in [5, 5.41) is 0. The van der Waals surface area contributed by atoms with Crippen molar-refractivity contribution in [2.24, 2.45) is 0 Å². The van der Waals surface area contributed by atoms with Crippen molar-refractivity contribution in [1.29, 1.82) is 0 Å². The molecule has 0 aromatic heterocycles. The summed E-state index contributed by atoms with van der Waals surface area (Å²) < 4.78 is 5.18. The highest BCUT2D eigenvalue weighted by molar-refractivity contribution is 6.00. The lowest BCUT2D eigenvalue weighted by Crippen LogP contribution is -2.40. The first-order valence-electron chi connectivity index (χ1n) is 6.84. The molecule has 4 nitrogen and oxygen atoms in total. The van der Waals surface area contributed by atoms with Gasteiger partial charge in [0.05, 0.1) is 12.7 Å². The van der Waals surface area contributed by atoms with Crippen molar-refractivity contribution >= 4 is 11.6 Å². The summed E-state index contributed by atoms with van der Waals surface area (Å²) in [4.78, 5) is 14.7. The van der Waals surface area contributed by atoms with Crippen LogP contribution < -0.4 is 10.5 Å². The minimum atomic E-state index is 0.0215. The van der Waals surface area contributed by atoms with Gasteiger partial charge in [-0.25, -0.2) is 0 Å². The van der Waals surface area contributed by atoms with E-state index in [4.69, 9.17) is 10.5 Å². The zero-order valence-corrected chi connectivity index (χ0v) is 11.8. The second-order valence-corrected chi connectivity index (χ2v) is 5.15. The van der Waals surface area contributed by atoms with Crippen molar-refractivity contribution in [1.82, 2.24) is 4.90 Å². The maximum Gasteiger partial charge on any atom is 0.256 e. The van der Waals surface area contributed by atoms with Crippen LogP contribution in [0.25, 0.3) is 0 Å². The van der Waals surface area contributed by atoms with E-state index in [0.717, 1.165) is 19.3 Å². The number of methoxy groups -OCH3 is 1. The number of rotatable bonds is 3. The van der Waals surface area contributed by atoms with E-state index in [1.54, 1.807) is 25.3 Å². The molecule has 1 aliphatic rings. The Hall–Kier alpha value is -1.71. The Morgan fingerprint density at radius 2 is 2.21 bits per heavy atom. The van der Waals surface area contributed by atoms with Crippen LogP contribution in [0.1, 0.15) is 43.5 Å². The molecular weight excluding hydrogens is 240 g/mol. The summed E-state index contributed by atoms with van der Waals surface area (Å²) in [7, 11) is 1.59. The van der Waals surface area contributed by atoms with Crippen LogP contribution in [-0.4, -0.2) is 30.0 Å². The zero-order chi connectivity index (χ0) is 14.0. The van der Waals surface area contributed by atoms with E-state index in [0.29, 0.717) is 23.0 Å². The molecule has 2 N–H and O–H groups in total. The topological polar surface area (TPSA) is 55.6 Å². The quantitative estimate of drug-likeness (QED) is 0.852. The molecule has 0 radical (unpaired) electrons. The fraction of sp³-hybridized carbons (Fsp3) is 0.533. The first kappa shape index (κ1) is 13.7. The molecule has 2 unspecified atom stereocenters. The van der Waals surface area contributed by atoms with Gasteiger partial charge in [-0.2, -0.15) is 0 Å². The molecule has 1 amide bonds. The van der Waals surface area contributed by atoms with Crippen molar-refractivity contribution < 1.29 is 9.53 Å². The SMILES string of the molecule is CCC1CCC(C)N1C(=O)c1cc(OC)ccc1N. The average Bonchev–Trinajstić information content (AvgIpc) is 2.79. The third kappa shape index (κ3) is 2.53. The van der Waals surface area contributed by atoms with E-state index >= 15 is 0 Å². The summed E-state index contributed by atoms with van der Waals surface area (Å²) in [5.41, 5.74) is 7.00. The fourth-order valence-corrected chi connectivity index (χ4v) is 2.83. The Labute approximate surface area is 114 Å². The van der Waals surface area contributed by atoms with Crippen LogP contribution in [0, 0.1) is 0 Å². The molecule has 4 heteroatoms. The lowest BCUT2D eigenvalue weighted by atomic mass is 10.1. The van der Waals surface area contributed by atoms with Crippen LogP contribution in [0.15, 0.2) is 18.2 Å². The van der Waals surface area contributed by atoms with Crippen molar-refractivity contribution in [3.63, 3.8) is 0 Å². The number of hydrogen-bond donors (Lipinski definition) is 1. The largest absolute Gasteiger partial charge is 0.497 e. The van der Waals surface area contributed by atoms with Gasteiger partial charge in [-0.3, -0.25) is 4.79 Å². The molecule has 1 aromatic carbocycles. The molecule has 2 atom stereocenters. The first-order chi connectivity index (χ1) is 9.08. The van der Waals surface area contributed by atoms with Crippen molar-refractivity contribution in [3.05, 3.63) is 23.8 Å². The molecule has 1 saturated heterocycles.